The molecule has 0 atom stereocenters. The van der Waals surface area contributed by atoms with Gasteiger partial charge < -0.3 is 4.57 Å². The lowest BCUT2D eigenvalue weighted by atomic mass is 10.3. The molecule has 2 rings (SSSR count). The first kappa shape index (κ1) is 8.51. The Bertz CT molecular complexity index is 407. The molecule has 0 spiro atoms. The van der Waals surface area contributed by atoms with E-state index in [9.17, 15) is 0 Å². The van der Waals surface area contributed by atoms with Crippen LogP contribution in [0.25, 0.3) is 5.82 Å². The molecule has 0 aliphatic carbocycles. The predicted octanol–water partition coefficient (Wildman–Crippen LogP) is 2.94. The highest BCUT2D eigenvalue weighted by molar-refractivity contribution is 9.10. The predicted molar refractivity (Wildman–Crippen MR) is 56.0 cm³/mol. The molecule has 2 aromatic rings. The van der Waals surface area contributed by atoms with Crippen LogP contribution in [-0.2, 0) is 0 Å². The first-order chi connectivity index (χ1) is 6.27. The van der Waals surface area contributed by atoms with E-state index in [4.69, 9.17) is 0 Å². The molecular formula is C10H9BrN2. The van der Waals surface area contributed by atoms with Crippen molar-refractivity contribution in [1.29, 1.82) is 0 Å². The van der Waals surface area contributed by atoms with Gasteiger partial charge >= 0.3 is 0 Å². The Balaban J connectivity index is 2.49. The second-order valence-corrected chi connectivity index (χ2v) is 3.74. The summed E-state index contributed by atoms with van der Waals surface area (Å²) in [6, 6.07) is 6.02. The molecule has 0 fully saturated rings. The second-order valence-electron chi connectivity index (χ2n) is 2.88. The minimum atomic E-state index is 0.950. The Hall–Kier alpha value is -1.09. The van der Waals surface area contributed by atoms with Gasteiger partial charge in [-0.15, -0.1) is 0 Å². The highest BCUT2D eigenvalue weighted by atomic mass is 79.9. The molecule has 2 nitrogen and oxygen atoms in total. The highest BCUT2D eigenvalue weighted by Gasteiger charge is 1.99. The average molecular weight is 237 g/mol. The molecule has 66 valence electrons. The summed E-state index contributed by atoms with van der Waals surface area (Å²) in [7, 11) is 0. The van der Waals surface area contributed by atoms with Gasteiger partial charge in [0.05, 0.1) is 0 Å². The van der Waals surface area contributed by atoms with Gasteiger partial charge in [0.1, 0.15) is 5.82 Å². The molecule has 13 heavy (non-hydrogen) atoms. The van der Waals surface area contributed by atoms with E-state index in [0.717, 1.165) is 10.3 Å². The molecule has 2 heterocycles. The number of rotatable bonds is 1. The van der Waals surface area contributed by atoms with Crippen molar-refractivity contribution >= 4 is 15.9 Å². The van der Waals surface area contributed by atoms with Gasteiger partial charge in [-0.2, -0.15) is 0 Å². The summed E-state index contributed by atoms with van der Waals surface area (Å²) < 4.78 is 3.03. The lowest BCUT2D eigenvalue weighted by Crippen LogP contribution is -1.94. The van der Waals surface area contributed by atoms with Crippen LogP contribution in [0.5, 0.6) is 0 Å². The van der Waals surface area contributed by atoms with Gasteiger partial charge in [-0.1, -0.05) is 0 Å². The summed E-state index contributed by atoms with van der Waals surface area (Å²) in [6.07, 6.45) is 5.79. The molecule has 0 saturated carbocycles. The zero-order chi connectivity index (χ0) is 9.26. The van der Waals surface area contributed by atoms with E-state index < -0.39 is 0 Å². The van der Waals surface area contributed by atoms with Gasteiger partial charge in [-0.05, 0) is 46.6 Å². The first-order valence-corrected chi connectivity index (χ1v) is 4.82. The van der Waals surface area contributed by atoms with Crippen molar-refractivity contribution in [3.63, 3.8) is 0 Å². The third-order valence-electron chi connectivity index (χ3n) is 1.90. The van der Waals surface area contributed by atoms with E-state index in [2.05, 4.69) is 27.8 Å². The van der Waals surface area contributed by atoms with Gasteiger partial charge in [-0.25, -0.2) is 4.98 Å². The minimum Gasteiger partial charge on any atom is -0.309 e. The number of aromatic nitrogens is 2. The standard InChI is InChI=1S/C10H9BrN2/c1-8-6-10(12-7-9(8)11)13-4-2-3-5-13/h2-7H,1H3. The maximum Gasteiger partial charge on any atom is 0.136 e. The monoisotopic (exact) mass is 236 g/mol. The number of halogens is 1. The van der Waals surface area contributed by atoms with Crippen LogP contribution in [0.15, 0.2) is 41.3 Å². The van der Waals surface area contributed by atoms with Crippen molar-refractivity contribution in [2.24, 2.45) is 0 Å². The topological polar surface area (TPSA) is 17.8 Å². The van der Waals surface area contributed by atoms with E-state index in [1.807, 2.05) is 41.4 Å². The third kappa shape index (κ3) is 1.65. The molecule has 0 unspecified atom stereocenters. The summed E-state index contributed by atoms with van der Waals surface area (Å²) >= 11 is 3.42. The van der Waals surface area contributed by atoms with Crippen LogP contribution in [0.4, 0.5) is 0 Å². The minimum absolute atomic E-state index is 0.950. The molecule has 0 aliphatic rings. The zero-order valence-electron chi connectivity index (χ0n) is 7.24. The number of nitrogens with zero attached hydrogens (tertiary/aromatic N) is 2. The van der Waals surface area contributed by atoms with E-state index in [-0.39, 0.29) is 0 Å². The van der Waals surface area contributed by atoms with Gasteiger partial charge in [0.2, 0.25) is 0 Å². The van der Waals surface area contributed by atoms with Gasteiger partial charge in [0, 0.05) is 23.1 Å². The molecule has 0 saturated heterocycles. The van der Waals surface area contributed by atoms with E-state index in [1.165, 1.54) is 5.56 Å². The lowest BCUT2D eigenvalue weighted by molar-refractivity contribution is 0.999. The smallest absolute Gasteiger partial charge is 0.136 e. The lowest BCUT2D eigenvalue weighted by Gasteiger charge is -2.03. The van der Waals surface area contributed by atoms with Crippen LogP contribution >= 0.6 is 15.9 Å². The number of aryl methyl sites for hydroxylation is 1. The van der Waals surface area contributed by atoms with Crippen LogP contribution in [0.3, 0.4) is 0 Å². The molecule has 0 aromatic carbocycles. The summed E-state index contributed by atoms with van der Waals surface area (Å²) in [5, 5.41) is 0. The summed E-state index contributed by atoms with van der Waals surface area (Å²) in [6.45, 7) is 2.05. The van der Waals surface area contributed by atoms with Gasteiger partial charge in [0.25, 0.3) is 0 Å². The first-order valence-electron chi connectivity index (χ1n) is 4.03. The fraction of sp³-hybridized carbons (Fsp3) is 0.100. The van der Waals surface area contributed by atoms with Crippen LogP contribution in [0.2, 0.25) is 0 Å². The maximum atomic E-state index is 4.30. The Morgan fingerprint density at radius 2 is 2.00 bits per heavy atom. The molecule has 0 N–H and O–H groups in total. The highest BCUT2D eigenvalue weighted by Crippen LogP contribution is 2.16. The second kappa shape index (κ2) is 3.34. The van der Waals surface area contributed by atoms with Crippen molar-refractivity contribution in [1.82, 2.24) is 9.55 Å². The Labute approximate surface area is 85.4 Å². The maximum absolute atomic E-state index is 4.30. The molecule has 0 bridgehead atoms. The molecule has 0 radical (unpaired) electrons. The largest absolute Gasteiger partial charge is 0.309 e. The normalized spacial score (nSPS) is 10.3. The van der Waals surface area contributed by atoms with E-state index >= 15 is 0 Å². The fourth-order valence-electron chi connectivity index (χ4n) is 1.15. The summed E-state index contributed by atoms with van der Waals surface area (Å²) in [4.78, 5) is 4.30. The molecular weight excluding hydrogens is 228 g/mol. The average Bonchev–Trinajstić information content (AvgIpc) is 2.62. The third-order valence-corrected chi connectivity index (χ3v) is 2.73. The van der Waals surface area contributed by atoms with Crippen molar-refractivity contribution in [2.75, 3.05) is 0 Å². The number of hydrogen-bond acceptors (Lipinski definition) is 1. The SMILES string of the molecule is Cc1cc(-n2cccc2)ncc1Br. The number of hydrogen-bond donors (Lipinski definition) is 0. The fourth-order valence-corrected chi connectivity index (χ4v) is 1.37. The van der Waals surface area contributed by atoms with Crippen molar-refractivity contribution in [3.8, 4) is 5.82 Å². The quantitative estimate of drug-likeness (QED) is 0.745. The molecule has 0 aliphatic heterocycles. The van der Waals surface area contributed by atoms with Crippen LogP contribution in [0, 0.1) is 6.92 Å². The van der Waals surface area contributed by atoms with E-state index in [0.29, 0.717) is 0 Å². The van der Waals surface area contributed by atoms with Crippen molar-refractivity contribution in [2.45, 2.75) is 6.92 Å². The van der Waals surface area contributed by atoms with Crippen molar-refractivity contribution < 1.29 is 0 Å². The Morgan fingerprint density at radius 1 is 1.31 bits per heavy atom. The summed E-state index contributed by atoms with van der Waals surface area (Å²) in [5.41, 5.74) is 1.19. The van der Waals surface area contributed by atoms with Crippen molar-refractivity contribution in [3.05, 3.63) is 46.8 Å². The zero-order valence-corrected chi connectivity index (χ0v) is 8.82. The Morgan fingerprint density at radius 3 is 2.62 bits per heavy atom. The number of pyridine rings is 1. The van der Waals surface area contributed by atoms with Crippen LogP contribution in [-0.4, -0.2) is 9.55 Å². The van der Waals surface area contributed by atoms with E-state index in [1.54, 1.807) is 0 Å². The molecule has 0 amide bonds. The molecule has 3 heteroatoms. The summed E-state index contributed by atoms with van der Waals surface area (Å²) in [5.74, 6) is 0.950. The van der Waals surface area contributed by atoms with Gasteiger partial charge in [-0.3, -0.25) is 0 Å². The van der Waals surface area contributed by atoms with Crippen LogP contribution in [0.1, 0.15) is 5.56 Å². The van der Waals surface area contributed by atoms with Gasteiger partial charge in [0.15, 0.2) is 0 Å². The Kier molecular flexibility index (Phi) is 2.19. The molecule has 2 aromatic heterocycles. The van der Waals surface area contributed by atoms with Crippen LogP contribution < -0.4 is 0 Å².